The van der Waals surface area contributed by atoms with Gasteiger partial charge in [-0.1, -0.05) is 18.2 Å². The molecule has 0 amide bonds. The second-order valence-corrected chi connectivity index (χ2v) is 4.86. The molecule has 0 bridgehead atoms. The largest absolute Gasteiger partial charge is 0.486 e. The summed E-state index contributed by atoms with van der Waals surface area (Å²) in [6.07, 6.45) is 1.56. The van der Waals surface area contributed by atoms with E-state index in [1.807, 2.05) is 35.0 Å². The molecule has 0 aliphatic carbocycles. The summed E-state index contributed by atoms with van der Waals surface area (Å²) < 4.78 is 7.55. The van der Waals surface area contributed by atoms with Gasteiger partial charge in [-0.2, -0.15) is 5.10 Å². The molecule has 4 nitrogen and oxygen atoms in total. The van der Waals surface area contributed by atoms with E-state index < -0.39 is 0 Å². The van der Waals surface area contributed by atoms with Crippen molar-refractivity contribution in [2.75, 3.05) is 0 Å². The zero-order chi connectivity index (χ0) is 12.3. The molecule has 90 valence electrons. The number of rotatable bonds is 3. The number of benzene rings is 1. The molecule has 0 atom stereocenters. The summed E-state index contributed by atoms with van der Waals surface area (Å²) >= 11 is 0. The van der Waals surface area contributed by atoms with Gasteiger partial charge >= 0.3 is 0 Å². The lowest BCUT2D eigenvalue weighted by Gasteiger charge is -2.21. The predicted molar refractivity (Wildman–Crippen MR) is 65.8 cm³/mol. The van der Waals surface area contributed by atoms with Crippen LogP contribution in [0.1, 0.15) is 26.6 Å². The number of para-hydroxylation sites is 1. The Labute approximate surface area is 101 Å². The highest BCUT2D eigenvalue weighted by Crippen LogP contribution is 2.16. The van der Waals surface area contributed by atoms with Crippen molar-refractivity contribution in [2.24, 2.45) is 0 Å². The van der Waals surface area contributed by atoms with Crippen LogP contribution in [0.15, 0.2) is 36.7 Å². The molecule has 17 heavy (non-hydrogen) atoms. The van der Waals surface area contributed by atoms with Crippen LogP contribution in [0.2, 0.25) is 0 Å². The summed E-state index contributed by atoms with van der Waals surface area (Å²) in [5, 5.41) is 4.23. The third-order valence-electron chi connectivity index (χ3n) is 2.36. The lowest BCUT2D eigenvalue weighted by Crippen LogP contribution is -2.26. The van der Waals surface area contributed by atoms with Crippen LogP contribution in [0.5, 0.6) is 5.75 Å². The monoisotopic (exact) mass is 231 g/mol. The van der Waals surface area contributed by atoms with E-state index in [-0.39, 0.29) is 5.54 Å². The molecule has 0 fully saturated rings. The van der Waals surface area contributed by atoms with E-state index in [1.165, 1.54) is 0 Å². The molecule has 0 unspecified atom stereocenters. The lowest BCUT2D eigenvalue weighted by atomic mass is 10.1. The Balaban J connectivity index is 2.08. The fourth-order valence-corrected chi connectivity index (χ4v) is 1.59. The van der Waals surface area contributed by atoms with E-state index in [1.54, 1.807) is 6.33 Å². The van der Waals surface area contributed by atoms with Crippen LogP contribution in [0, 0.1) is 0 Å². The normalized spacial score (nSPS) is 11.5. The molecule has 0 aliphatic rings. The standard InChI is InChI=1S/C13H17N3O/c1-13(2,3)16-12(14-10-15-16)9-17-11-7-5-4-6-8-11/h4-8,10H,9H2,1-3H3. The Kier molecular flexibility index (Phi) is 3.13. The van der Waals surface area contributed by atoms with Crippen LogP contribution in [-0.2, 0) is 12.1 Å². The smallest absolute Gasteiger partial charge is 0.165 e. The molecule has 1 heterocycles. The van der Waals surface area contributed by atoms with Gasteiger partial charge in [0.05, 0.1) is 5.54 Å². The van der Waals surface area contributed by atoms with E-state index in [4.69, 9.17) is 4.74 Å². The molecule has 1 aromatic heterocycles. The van der Waals surface area contributed by atoms with Crippen molar-refractivity contribution >= 4 is 0 Å². The Morgan fingerprint density at radius 3 is 2.53 bits per heavy atom. The number of nitrogens with zero attached hydrogens (tertiary/aromatic N) is 3. The first kappa shape index (κ1) is 11.6. The maximum atomic E-state index is 5.66. The van der Waals surface area contributed by atoms with Gasteiger partial charge in [0.1, 0.15) is 18.7 Å². The van der Waals surface area contributed by atoms with Crippen molar-refractivity contribution in [3.8, 4) is 5.75 Å². The van der Waals surface area contributed by atoms with E-state index in [0.29, 0.717) is 6.61 Å². The van der Waals surface area contributed by atoms with Gasteiger partial charge in [0, 0.05) is 0 Å². The predicted octanol–water partition coefficient (Wildman–Crippen LogP) is 2.61. The molecule has 0 N–H and O–H groups in total. The van der Waals surface area contributed by atoms with Crippen LogP contribution in [-0.4, -0.2) is 14.8 Å². The van der Waals surface area contributed by atoms with Crippen molar-refractivity contribution in [3.05, 3.63) is 42.5 Å². The zero-order valence-corrected chi connectivity index (χ0v) is 10.4. The van der Waals surface area contributed by atoms with Crippen LogP contribution < -0.4 is 4.74 Å². The molecule has 2 aromatic rings. The first-order valence-electron chi connectivity index (χ1n) is 5.64. The minimum absolute atomic E-state index is 0.0775. The molecule has 0 saturated carbocycles. The average molecular weight is 231 g/mol. The van der Waals surface area contributed by atoms with Crippen molar-refractivity contribution in [3.63, 3.8) is 0 Å². The molecule has 0 radical (unpaired) electrons. The van der Waals surface area contributed by atoms with Gasteiger partial charge in [0.25, 0.3) is 0 Å². The Morgan fingerprint density at radius 2 is 1.88 bits per heavy atom. The summed E-state index contributed by atoms with van der Waals surface area (Å²) in [5.74, 6) is 1.68. The second-order valence-electron chi connectivity index (χ2n) is 4.86. The van der Waals surface area contributed by atoms with Crippen molar-refractivity contribution in [1.82, 2.24) is 14.8 Å². The summed E-state index contributed by atoms with van der Waals surface area (Å²) in [7, 11) is 0. The lowest BCUT2D eigenvalue weighted by molar-refractivity contribution is 0.260. The van der Waals surface area contributed by atoms with Gasteiger partial charge in [-0.05, 0) is 32.9 Å². The molecular formula is C13H17N3O. The first-order chi connectivity index (χ1) is 8.07. The van der Waals surface area contributed by atoms with Crippen molar-refractivity contribution < 1.29 is 4.74 Å². The van der Waals surface area contributed by atoms with Gasteiger partial charge < -0.3 is 4.74 Å². The third kappa shape index (κ3) is 2.84. The highest BCUT2D eigenvalue weighted by atomic mass is 16.5. The number of aromatic nitrogens is 3. The zero-order valence-electron chi connectivity index (χ0n) is 10.4. The van der Waals surface area contributed by atoms with Gasteiger partial charge in [0.15, 0.2) is 5.82 Å². The number of hydrogen-bond donors (Lipinski definition) is 0. The molecule has 1 aromatic carbocycles. The average Bonchev–Trinajstić information content (AvgIpc) is 2.75. The molecule has 0 saturated heterocycles. The summed E-state index contributed by atoms with van der Waals surface area (Å²) in [4.78, 5) is 4.22. The molecular weight excluding hydrogens is 214 g/mol. The van der Waals surface area contributed by atoms with E-state index in [2.05, 4.69) is 30.9 Å². The maximum Gasteiger partial charge on any atom is 0.165 e. The third-order valence-corrected chi connectivity index (χ3v) is 2.36. The molecule has 0 aliphatic heterocycles. The first-order valence-corrected chi connectivity index (χ1v) is 5.64. The van der Waals surface area contributed by atoms with Gasteiger partial charge in [-0.15, -0.1) is 0 Å². The van der Waals surface area contributed by atoms with Crippen molar-refractivity contribution in [1.29, 1.82) is 0 Å². The summed E-state index contributed by atoms with van der Waals surface area (Å²) in [6.45, 7) is 6.70. The SMILES string of the molecule is CC(C)(C)n1ncnc1COc1ccccc1. The second kappa shape index (κ2) is 4.57. The number of ether oxygens (including phenoxy) is 1. The fraction of sp³-hybridized carbons (Fsp3) is 0.385. The Hall–Kier alpha value is -1.84. The molecule has 0 spiro atoms. The maximum absolute atomic E-state index is 5.66. The van der Waals surface area contributed by atoms with Crippen molar-refractivity contribution in [2.45, 2.75) is 32.9 Å². The minimum atomic E-state index is -0.0775. The summed E-state index contributed by atoms with van der Waals surface area (Å²) in [5.41, 5.74) is -0.0775. The van der Waals surface area contributed by atoms with E-state index >= 15 is 0 Å². The van der Waals surface area contributed by atoms with Gasteiger partial charge in [-0.3, -0.25) is 0 Å². The highest BCUT2D eigenvalue weighted by Gasteiger charge is 2.18. The van der Waals surface area contributed by atoms with Crippen LogP contribution >= 0.6 is 0 Å². The van der Waals surface area contributed by atoms with Crippen LogP contribution in [0.25, 0.3) is 0 Å². The fourth-order valence-electron chi connectivity index (χ4n) is 1.59. The van der Waals surface area contributed by atoms with Gasteiger partial charge in [-0.25, -0.2) is 9.67 Å². The minimum Gasteiger partial charge on any atom is -0.486 e. The molecule has 4 heteroatoms. The van der Waals surface area contributed by atoms with Gasteiger partial charge in [0.2, 0.25) is 0 Å². The van der Waals surface area contributed by atoms with Crippen LogP contribution in [0.4, 0.5) is 0 Å². The Morgan fingerprint density at radius 1 is 1.18 bits per heavy atom. The topological polar surface area (TPSA) is 39.9 Å². The quantitative estimate of drug-likeness (QED) is 0.815. The highest BCUT2D eigenvalue weighted by molar-refractivity contribution is 5.21. The van der Waals surface area contributed by atoms with Crippen LogP contribution in [0.3, 0.4) is 0 Å². The Bertz CT molecular complexity index is 471. The number of hydrogen-bond acceptors (Lipinski definition) is 3. The summed E-state index contributed by atoms with van der Waals surface area (Å²) in [6, 6.07) is 9.72. The van der Waals surface area contributed by atoms with E-state index in [9.17, 15) is 0 Å². The van der Waals surface area contributed by atoms with E-state index in [0.717, 1.165) is 11.6 Å². The molecule has 2 rings (SSSR count).